The number of amides is 2. The molecule has 1 saturated heterocycles. The van der Waals surface area contributed by atoms with Crippen LogP contribution in [0.5, 0.6) is 0 Å². The molecule has 0 saturated carbocycles. The minimum atomic E-state index is -1.27. The van der Waals surface area contributed by atoms with Crippen LogP contribution >= 0.6 is 11.6 Å². The van der Waals surface area contributed by atoms with E-state index in [0.717, 1.165) is 0 Å². The first-order valence-corrected chi connectivity index (χ1v) is 6.87. The first-order valence-electron chi connectivity index (χ1n) is 6.49. The van der Waals surface area contributed by atoms with Crippen molar-refractivity contribution in [2.24, 2.45) is 0 Å². The molecule has 0 aliphatic carbocycles. The number of carbonyl (C=O) groups is 2. The maximum Gasteiger partial charge on any atom is 0.329 e. The van der Waals surface area contributed by atoms with Crippen molar-refractivity contribution in [1.29, 1.82) is 0 Å². The molecule has 0 bridgehead atoms. The second-order valence-electron chi connectivity index (χ2n) is 4.77. The van der Waals surface area contributed by atoms with Gasteiger partial charge in [-0.25, -0.2) is 9.59 Å². The van der Waals surface area contributed by atoms with Crippen LogP contribution in [0.3, 0.4) is 0 Å². The molecule has 1 aromatic rings. The molecule has 8 heteroatoms. The number of carbonyl (C=O) groups excluding carboxylic acids is 1. The normalized spacial score (nSPS) is 17.0. The molecule has 114 valence electrons. The van der Waals surface area contributed by atoms with Crippen molar-refractivity contribution < 1.29 is 19.4 Å². The standard InChI is InChI=1S/C13H16ClN3O4/c14-10-8-15-4-1-9(10)7-16-12(20)17-13(11(18)19)2-5-21-6-3-13/h1,4,8H,2-3,5-7H2,(H,18,19)(H2,16,17,20). The highest BCUT2D eigenvalue weighted by molar-refractivity contribution is 6.31. The lowest BCUT2D eigenvalue weighted by Crippen LogP contribution is -2.59. The van der Waals surface area contributed by atoms with Crippen molar-refractivity contribution in [3.8, 4) is 0 Å². The second-order valence-corrected chi connectivity index (χ2v) is 5.18. The number of ether oxygens (including phenoxy) is 1. The zero-order valence-electron chi connectivity index (χ0n) is 11.3. The molecule has 0 spiro atoms. The number of nitrogens with zero attached hydrogens (tertiary/aromatic N) is 1. The number of aliphatic carboxylic acids is 1. The van der Waals surface area contributed by atoms with Crippen molar-refractivity contribution >= 4 is 23.6 Å². The van der Waals surface area contributed by atoms with Crippen molar-refractivity contribution in [3.05, 3.63) is 29.0 Å². The number of urea groups is 1. The summed E-state index contributed by atoms with van der Waals surface area (Å²) in [5.41, 5.74) is -0.567. The van der Waals surface area contributed by atoms with Crippen LogP contribution in [0.1, 0.15) is 18.4 Å². The van der Waals surface area contributed by atoms with Gasteiger partial charge in [0.05, 0.1) is 5.02 Å². The Morgan fingerprint density at radius 2 is 2.14 bits per heavy atom. The van der Waals surface area contributed by atoms with Crippen LogP contribution in [0, 0.1) is 0 Å². The SMILES string of the molecule is O=C(NCc1ccncc1Cl)NC1(C(=O)O)CCOCC1. The van der Waals surface area contributed by atoms with Gasteiger partial charge in [-0.2, -0.15) is 0 Å². The molecule has 1 aliphatic heterocycles. The van der Waals surface area contributed by atoms with E-state index in [1.165, 1.54) is 6.20 Å². The number of rotatable bonds is 4. The molecule has 1 fully saturated rings. The molecule has 0 unspecified atom stereocenters. The Hall–Kier alpha value is -1.86. The zero-order valence-corrected chi connectivity index (χ0v) is 12.0. The molecule has 1 aromatic heterocycles. The predicted octanol–water partition coefficient (Wildman–Crippen LogP) is 1.17. The predicted molar refractivity (Wildman–Crippen MR) is 75.0 cm³/mol. The highest BCUT2D eigenvalue weighted by Gasteiger charge is 2.41. The first-order chi connectivity index (χ1) is 10.0. The Kier molecular flexibility index (Phi) is 4.98. The van der Waals surface area contributed by atoms with Crippen LogP contribution in [0.25, 0.3) is 0 Å². The lowest BCUT2D eigenvalue weighted by molar-refractivity contribution is -0.148. The van der Waals surface area contributed by atoms with E-state index < -0.39 is 17.5 Å². The fourth-order valence-electron chi connectivity index (χ4n) is 2.10. The molecule has 7 nitrogen and oxygen atoms in total. The molecule has 21 heavy (non-hydrogen) atoms. The summed E-state index contributed by atoms with van der Waals surface area (Å²) in [6, 6.07) is 1.14. The summed E-state index contributed by atoms with van der Waals surface area (Å²) in [4.78, 5) is 27.2. The van der Waals surface area contributed by atoms with Gasteiger partial charge in [0.2, 0.25) is 0 Å². The number of carboxylic acid groups (broad SMARTS) is 1. The molecule has 3 N–H and O–H groups in total. The lowest BCUT2D eigenvalue weighted by atomic mass is 9.90. The summed E-state index contributed by atoms with van der Waals surface area (Å²) in [5, 5.41) is 14.9. The number of hydrogen-bond donors (Lipinski definition) is 3. The van der Waals surface area contributed by atoms with Crippen LogP contribution in [0.15, 0.2) is 18.5 Å². The van der Waals surface area contributed by atoms with Crippen LogP contribution in [0.2, 0.25) is 5.02 Å². The summed E-state index contributed by atoms with van der Waals surface area (Å²) in [5.74, 6) is -1.05. The van der Waals surface area contributed by atoms with Crippen molar-refractivity contribution in [1.82, 2.24) is 15.6 Å². The summed E-state index contributed by atoms with van der Waals surface area (Å²) in [6.07, 6.45) is 3.53. The molecule has 2 heterocycles. The smallest absolute Gasteiger partial charge is 0.329 e. The Labute approximate surface area is 126 Å². The number of aromatic nitrogens is 1. The number of hydrogen-bond acceptors (Lipinski definition) is 4. The third kappa shape index (κ3) is 3.83. The molecule has 0 aromatic carbocycles. The maximum atomic E-state index is 11.9. The van der Waals surface area contributed by atoms with Gasteiger partial charge in [-0.05, 0) is 11.6 Å². The third-order valence-electron chi connectivity index (χ3n) is 3.40. The molecule has 0 radical (unpaired) electrons. The quantitative estimate of drug-likeness (QED) is 0.774. The summed E-state index contributed by atoms with van der Waals surface area (Å²) in [7, 11) is 0. The van der Waals surface area contributed by atoms with E-state index in [-0.39, 0.29) is 19.4 Å². The first kappa shape index (κ1) is 15.5. The Morgan fingerprint density at radius 1 is 1.43 bits per heavy atom. The van der Waals surface area contributed by atoms with E-state index in [9.17, 15) is 14.7 Å². The molecule has 0 atom stereocenters. The van der Waals surface area contributed by atoms with E-state index in [0.29, 0.717) is 23.8 Å². The average molecular weight is 314 g/mol. The van der Waals surface area contributed by atoms with Crippen LogP contribution in [0.4, 0.5) is 4.79 Å². The average Bonchev–Trinajstić information content (AvgIpc) is 2.47. The highest BCUT2D eigenvalue weighted by Crippen LogP contribution is 2.21. The number of halogens is 1. The van der Waals surface area contributed by atoms with Gasteiger partial charge < -0.3 is 20.5 Å². The lowest BCUT2D eigenvalue weighted by Gasteiger charge is -2.33. The van der Waals surface area contributed by atoms with E-state index in [1.54, 1.807) is 12.3 Å². The Bertz CT molecular complexity index is 532. The monoisotopic (exact) mass is 313 g/mol. The van der Waals surface area contributed by atoms with Crippen LogP contribution < -0.4 is 10.6 Å². The summed E-state index contributed by atoms with van der Waals surface area (Å²) < 4.78 is 5.14. The number of nitrogens with one attached hydrogen (secondary N) is 2. The topological polar surface area (TPSA) is 101 Å². The zero-order chi connectivity index (χ0) is 15.3. The fraction of sp³-hybridized carbons (Fsp3) is 0.462. The Balaban J connectivity index is 1.94. The van der Waals surface area contributed by atoms with Gasteiger partial charge in [0.1, 0.15) is 5.54 Å². The van der Waals surface area contributed by atoms with Crippen LogP contribution in [-0.2, 0) is 16.1 Å². The van der Waals surface area contributed by atoms with E-state index >= 15 is 0 Å². The van der Waals surface area contributed by atoms with Crippen molar-refractivity contribution in [2.75, 3.05) is 13.2 Å². The van der Waals surface area contributed by atoms with Crippen LogP contribution in [-0.4, -0.2) is 40.8 Å². The minimum absolute atomic E-state index is 0.194. The molecular formula is C13H16ClN3O4. The van der Waals surface area contributed by atoms with Crippen molar-refractivity contribution in [3.63, 3.8) is 0 Å². The van der Waals surface area contributed by atoms with Gasteiger partial charge in [-0.1, -0.05) is 11.6 Å². The minimum Gasteiger partial charge on any atom is -0.480 e. The third-order valence-corrected chi connectivity index (χ3v) is 3.74. The van der Waals surface area contributed by atoms with Gasteiger partial charge in [-0.15, -0.1) is 0 Å². The van der Waals surface area contributed by atoms with Gasteiger partial charge in [-0.3, -0.25) is 4.98 Å². The largest absolute Gasteiger partial charge is 0.480 e. The molecule has 1 aliphatic rings. The van der Waals surface area contributed by atoms with E-state index in [1.807, 2.05) is 0 Å². The molecular weight excluding hydrogens is 298 g/mol. The number of pyridine rings is 1. The summed E-state index contributed by atoms with van der Waals surface area (Å²) in [6.45, 7) is 0.810. The highest BCUT2D eigenvalue weighted by atomic mass is 35.5. The van der Waals surface area contributed by atoms with E-state index in [2.05, 4.69) is 15.6 Å². The Morgan fingerprint density at radius 3 is 2.76 bits per heavy atom. The number of carboxylic acids is 1. The second kappa shape index (κ2) is 6.73. The molecule has 2 amide bonds. The molecule has 2 rings (SSSR count). The van der Waals surface area contributed by atoms with Gasteiger partial charge >= 0.3 is 12.0 Å². The fourth-order valence-corrected chi connectivity index (χ4v) is 2.28. The van der Waals surface area contributed by atoms with Gasteiger partial charge in [0.25, 0.3) is 0 Å². The summed E-state index contributed by atoms with van der Waals surface area (Å²) >= 11 is 5.93. The van der Waals surface area contributed by atoms with Crippen molar-refractivity contribution in [2.45, 2.75) is 24.9 Å². The van der Waals surface area contributed by atoms with Gasteiger partial charge in [0, 0.05) is 45.0 Å². The van der Waals surface area contributed by atoms with Gasteiger partial charge in [0.15, 0.2) is 0 Å². The van der Waals surface area contributed by atoms with E-state index in [4.69, 9.17) is 16.3 Å². The maximum absolute atomic E-state index is 11.9.